The van der Waals surface area contributed by atoms with Crippen LogP contribution < -0.4 is 10.1 Å². The third kappa shape index (κ3) is 3.91. The largest absolute Gasteiger partial charge is 0.476 e. The molecule has 0 aromatic carbocycles. The summed E-state index contributed by atoms with van der Waals surface area (Å²) < 4.78 is 11.0. The third-order valence-electron chi connectivity index (χ3n) is 5.02. The number of nitrogens with zero attached hydrogens (tertiary/aromatic N) is 4. The maximum absolute atomic E-state index is 12.8. The Labute approximate surface area is 157 Å². The first-order chi connectivity index (χ1) is 13.2. The second kappa shape index (κ2) is 7.98. The van der Waals surface area contributed by atoms with Crippen molar-refractivity contribution in [2.24, 2.45) is 0 Å². The molecular formula is C19H23N5O3. The summed E-state index contributed by atoms with van der Waals surface area (Å²) in [7, 11) is 0. The Morgan fingerprint density at radius 2 is 2.07 bits per heavy atom. The molecule has 4 rings (SSSR count). The average molecular weight is 369 g/mol. The summed E-state index contributed by atoms with van der Waals surface area (Å²) in [5, 5.41) is 3.09. The molecule has 2 aromatic heterocycles. The Balaban J connectivity index is 1.47. The Kier molecular flexibility index (Phi) is 5.26. The van der Waals surface area contributed by atoms with Gasteiger partial charge in [0.1, 0.15) is 18.3 Å². The van der Waals surface area contributed by atoms with Crippen molar-refractivity contribution in [1.82, 2.24) is 25.2 Å². The van der Waals surface area contributed by atoms with Gasteiger partial charge >= 0.3 is 0 Å². The Morgan fingerprint density at radius 1 is 1.30 bits per heavy atom. The molecule has 27 heavy (non-hydrogen) atoms. The molecule has 2 aliphatic rings. The molecule has 0 unspecified atom stereocenters. The van der Waals surface area contributed by atoms with Crippen molar-refractivity contribution >= 4 is 5.91 Å². The predicted octanol–water partition coefficient (Wildman–Crippen LogP) is 0.846. The van der Waals surface area contributed by atoms with Gasteiger partial charge in [0.15, 0.2) is 0 Å². The van der Waals surface area contributed by atoms with Gasteiger partial charge in [-0.25, -0.2) is 15.0 Å². The highest BCUT2D eigenvalue weighted by Crippen LogP contribution is 2.31. The number of morpholine rings is 1. The van der Waals surface area contributed by atoms with Crippen LogP contribution in [-0.4, -0.2) is 65.2 Å². The Morgan fingerprint density at radius 3 is 2.85 bits per heavy atom. The van der Waals surface area contributed by atoms with Crippen LogP contribution in [-0.2, 0) is 9.53 Å². The van der Waals surface area contributed by atoms with Crippen LogP contribution in [0.15, 0.2) is 30.7 Å². The molecule has 8 heteroatoms. The normalized spacial score (nSPS) is 20.6. The first-order valence-electron chi connectivity index (χ1n) is 9.18. The Bertz CT molecular complexity index is 792. The van der Waals surface area contributed by atoms with Crippen LogP contribution >= 0.6 is 0 Å². The van der Waals surface area contributed by atoms with Crippen molar-refractivity contribution in [2.45, 2.75) is 18.9 Å². The van der Waals surface area contributed by atoms with Gasteiger partial charge in [-0.15, -0.1) is 0 Å². The lowest BCUT2D eigenvalue weighted by Crippen LogP contribution is -2.44. The highest BCUT2D eigenvalue weighted by atomic mass is 16.5. The second-order valence-corrected chi connectivity index (χ2v) is 6.73. The molecule has 1 amide bonds. The number of ether oxygens (including phenoxy) is 2. The van der Waals surface area contributed by atoms with E-state index in [2.05, 4.69) is 25.2 Å². The van der Waals surface area contributed by atoms with E-state index < -0.39 is 0 Å². The molecule has 0 saturated carbocycles. The summed E-state index contributed by atoms with van der Waals surface area (Å²) in [5.74, 6) is 0.909. The molecule has 0 bridgehead atoms. The summed E-state index contributed by atoms with van der Waals surface area (Å²) in [6, 6.07) is 3.73. The van der Waals surface area contributed by atoms with Crippen molar-refractivity contribution in [3.8, 4) is 5.88 Å². The number of nitrogens with one attached hydrogen (secondary N) is 1. The minimum atomic E-state index is -0.326. The van der Waals surface area contributed by atoms with Gasteiger partial charge in [-0.2, -0.15) is 0 Å². The van der Waals surface area contributed by atoms with Gasteiger partial charge in [-0.1, -0.05) is 6.07 Å². The molecular weight excluding hydrogens is 346 g/mol. The number of amides is 1. The van der Waals surface area contributed by atoms with E-state index in [1.54, 1.807) is 6.20 Å². The van der Waals surface area contributed by atoms with E-state index in [9.17, 15) is 4.79 Å². The van der Waals surface area contributed by atoms with E-state index in [0.717, 1.165) is 30.0 Å². The lowest BCUT2D eigenvalue weighted by atomic mass is 10.0. The van der Waals surface area contributed by atoms with E-state index in [0.29, 0.717) is 32.2 Å². The Hall–Kier alpha value is -2.58. The topological polar surface area (TPSA) is 89.5 Å². The van der Waals surface area contributed by atoms with E-state index in [4.69, 9.17) is 9.47 Å². The van der Waals surface area contributed by atoms with Crippen LogP contribution in [0.3, 0.4) is 0 Å². The molecule has 2 aliphatic heterocycles. The fourth-order valence-electron chi connectivity index (χ4n) is 3.50. The number of hydrogen-bond acceptors (Lipinski definition) is 7. The van der Waals surface area contributed by atoms with Crippen LogP contribution in [0.2, 0.25) is 0 Å². The van der Waals surface area contributed by atoms with Gasteiger partial charge in [-0.3, -0.25) is 9.69 Å². The SMILES string of the molecule is Cc1ncc([C@@H](CNC(=O)[C@@H]2COc3ncccc32)N2CCOCC2)cn1. The van der Waals surface area contributed by atoms with E-state index in [1.807, 2.05) is 31.5 Å². The molecule has 1 fully saturated rings. The molecule has 142 valence electrons. The van der Waals surface area contributed by atoms with Gasteiger partial charge in [0.2, 0.25) is 11.8 Å². The number of carbonyl (C=O) groups is 1. The van der Waals surface area contributed by atoms with Gasteiger partial charge in [-0.05, 0) is 13.0 Å². The van der Waals surface area contributed by atoms with Crippen molar-refractivity contribution in [3.05, 3.63) is 47.7 Å². The summed E-state index contributed by atoms with van der Waals surface area (Å²) >= 11 is 0. The number of fused-ring (bicyclic) bond motifs is 1. The van der Waals surface area contributed by atoms with Gasteiger partial charge in [0.05, 0.1) is 19.3 Å². The quantitative estimate of drug-likeness (QED) is 0.835. The lowest BCUT2D eigenvalue weighted by molar-refractivity contribution is -0.123. The molecule has 0 radical (unpaired) electrons. The fourth-order valence-corrected chi connectivity index (χ4v) is 3.50. The van der Waals surface area contributed by atoms with Crippen LogP contribution in [0.25, 0.3) is 0 Å². The smallest absolute Gasteiger partial charge is 0.231 e. The maximum Gasteiger partial charge on any atom is 0.231 e. The predicted molar refractivity (Wildman–Crippen MR) is 97.4 cm³/mol. The summed E-state index contributed by atoms with van der Waals surface area (Å²) in [6.07, 6.45) is 5.35. The molecule has 2 aromatic rings. The van der Waals surface area contributed by atoms with E-state index >= 15 is 0 Å². The zero-order chi connectivity index (χ0) is 18.6. The fraction of sp³-hybridized carbons (Fsp3) is 0.474. The number of aromatic nitrogens is 3. The summed E-state index contributed by atoms with van der Waals surface area (Å²) in [6.45, 7) is 5.67. The highest BCUT2D eigenvalue weighted by Gasteiger charge is 2.32. The first kappa shape index (κ1) is 17.8. The molecule has 4 heterocycles. The van der Waals surface area contributed by atoms with Crippen molar-refractivity contribution < 1.29 is 14.3 Å². The number of carbonyl (C=O) groups excluding carboxylic acids is 1. The van der Waals surface area contributed by atoms with Crippen molar-refractivity contribution in [3.63, 3.8) is 0 Å². The highest BCUT2D eigenvalue weighted by molar-refractivity contribution is 5.85. The standard InChI is InChI=1S/C19H23N5O3/c1-13-21-9-14(10-22-13)17(24-5-7-26-8-6-24)11-23-18(25)16-12-27-19-15(16)3-2-4-20-19/h2-4,9-10,16-17H,5-8,11-12H2,1H3,(H,23,25)/t16-,17-/m1/s1. The van der Waals surface area contributed by atoms with Crippen molar-refractivity contribution in [1.29, 1.82) is 0 Å². The van der Waals surface area contributed by atoms with Crippen LogP contribution in [0.4, 0.5) is 0 Å². The van der Waals surface area contributed by atoms with E-state index in [1.165, 1.54) is 0 Å². The van der Waals surface area contributed by atoms with Gasteiger partial charge in [0, 0.05) is 49.4 Å². The lowest BCUT2D eigenvalue weighted by Gasteiger charge is -2.34. The van der Waals surface area contributed by atoms with Crippen LogP contribution in [0.5, 0.6) is 5.88 Å². The third-order valence-corrected chi connectivity index (χ3v) is 5.02. The maximum atomic E-state index is 12.8. The molecule has 1 N–H and O–H groups in total. The minimum absolute atomic E-state index is 0.00846. The van der Waals surface area contributed by atoms with E-state index in [-0.39, 0.29) is 17.9 Å². The van der Waals surface area contributed by atoms with Gasteiger partial charge in [0.25, 0.3) is 0 Å². The zero-order valence-corrected chi connectivity index (χ0v) is 15.3. The first-order valence-corrected chi connectivity index (χ1v) is 9.18. The minimum Gasteiger partial charge on any atom is -0.476 e. The second-order valence-electron chi connectivity index (χ2n) is 6.73. The molecule has 0 spiro atoms. The average Bonchev–Trinajstić information content (AvgIpc) is 3.14. The molecule has 1 saturated heterocycles. The summed E-state index contributed by atoms with van der Waals surface area (Å²) in [4.78, 5) is 27.9. The number of hydrogen-bond donors (Lipinski definition) is 1. The number of rotatable bonds is 5. The molecule has 0 aliphatic carbocycles. The van der Waals surface area contributed by atoms with Crippen LogP contribution in [0, 0.1) is 6.92 Å². The van der Waals surface area contributed by atoms with Crippen LogP contribution in [0.1, 0.15) is 28.9 Å². The summed E-state index contributed by atoms with van der Waals surface area (Å²) in [5.41, 5.74) is 1.84. The van der Waals surface area contributed by atoms with Gasteiger partial charge < -0.3 is 14.8 Å². The number of pyridine rings is 1. The number of aryl methyl sites for hydroxylation is 1. The molecule has 2 atom stereocenters. The van der Waals surface area contributed by atoms with Crippen molar-refractivity contribution in [2.75, 3.05) is 39.5 Å². The zero-order valence-electron chi connectivity index (χ0n) is 15.3. The monoisotopic (exact) mass is 369 g/mol. The molecule has 8 nitrogen and oxygen atoms in total.